The summed E-state index contributed by atoms with van der Waals surface area (Å²) in [6, 6.07) is 12.2. The number of hydrogen-bond donors (Lipinski definition) is 1. The second kappa shape index (κ2) is 9.37. The average molecular weight is 447 g/mol. The number of piperazine rings is 1. The molecule has 0 radical (unpaired) electrons. The maximum absolute atomic E-state index is 12.2. The molecule has 1 N–H and O–H groups in total. The van der Waals surface area contributed by atoms with Crippen LogP contribution in [-0.4, -0.2) is 68.4 Å². The van der Waals surface area contributed by atoms with Crippen LogP contribution in [0.3, 0.4) is 0 Å². The van der Waals surface area contributed by atoms with Gasteiger partial charge in [0.15, 0.2) is 11.3 Å². The van der Waals surface area contributed by atoms with Gasteiger partial charge >= 0.3 is 0 Å². The van der Waals surface area contributed by atoms with Crippen molar-refractivity contribution in [3.8, 4) is 0 Å². The monoisotopic (exact) mass is 446 g/mol. The number of carbonyl (C=O) groups excluding carboxylic acids is 1. The van der Waals surface area contributed by atoms with Crippen molar-refractivity contribution in [2.45, 2.75) is 20.0 Å². The molecule has 0 bridgehead atoms. The van der Waals surface area contributed by atoms with E-state index in [0.29, 0.717) is 18.8 Å². The first-order valence-electron chi connectivity index (χ1n) is 11.1. The lowest BCUT2D eigenvalue weighted by Gasteiger charge is -2.35. The number of rotatable bonds is 7. The number of nitrogens with zero attached hydrogens (tertiary/aromatic N) is 7. The number of aryl methyl sites for hydroxylation is 1. The molecule has 10 nitrogen and oxygen atoms in total. The Morgan fingerprint density at radius 1 is 1.12 bits per heavy atom. The SMILES string of the molecule is Cc1cc(C(=O)NCCn2ncc3c(N4CCN(Cc5ccccc5)CC4)ncnc32)no1. The van der Waals surface area contributed by atoms with Crippen LogP contribution in [0.1, 0.15) is 21.8 Å². The van der Waals surface area contributed by atoms with Gasteiger partial charge in [0.25, 0.3) is 5.91 Å². The van der Waals surface area contributed by atoms with Crippen molar-refractivity contribution in [1.29, 1.82) is 0 Å². The van der Waals surface area contributed by atoms with Gasteiger partial charge < -0.3 is 14.7 Å². The number of benzene rings is 1. The molecule has 4 aromatic rings. The molecule has 33 heavy (non-hydrogen) atoms. The van der Waals surface area contributed by atoms with E-state index < -0.39 is 0 Å². The topological polar surface area (TPSA) is 105 Å². The van der Waals surface area contributed by atoms with E-state index in [1.807, 2.05) is 12.3 Å². The van der Waals surface area contributed by atoms with E-state index in [9.17, 15) is 4.79 Å². The standard InChI is InChI=1S/C23H26N8O2/c1-17-13-20(28-33-17)23(32)24-7-8-31-22-19(14-27-31)21(25-16-26-22)30-11-9-29(10-12-30)15-18-5-3-2-4-6-18/h2-6,13-14,16H,7-12,15H2,1H3,(H,24,32). The molecule has 0 spiro atoms. The van der Waals surface area contributed by atoms with E-state index >= 15 is 0 Å². The molecule has 10 heteroatoms. The lowest BCUT2D eigenvalue weighted by Crippen LogP contribution is -2.46. The number of carbonyl (C=O) groups is 1. The van der Waals surface area contributed by atoms with E-state index in [1.54, 1.807) is 24.0 Å². The fourth-order valence-electron chi connectivity index (χ4n) is 4.09. The Morgan fingerprint density at radius 2 is 1.94 bits per heavy atom. The highest BCUT2D eigenvalue weighted by Gasteiger charge is 2.21. The Bertz CT molecular complexity index is 1230. The van der Waals surface area contributed by atoms with Gasteiger partial charge in [0, 0.05) is 45.3 Å². The molecular formula is C23H26N8O2. The minimum atomic E-state index is -0.271. The van der Waals surface area contributed by atoms with Crippen molar-refractivity contribution in [2.75, 3.05) is 37.6 Å². The first-order valence-corrected chi connectivity index (χ1v) is 11.1. The summed E-state index contributed by atoms with van der Waals surface area (Å²) >= 11 is 0. The van der Waals surface area contributed by atoms with Crippen LogP contribution < -0.4 is 10.2 Å². The van der Waals surface area contributed by atoms with Crippen LogP contribution in [-0.2, 0) is 13.1 Å². The lowest BCUT2D eigenvalue weighted by atomic mass is 10.2. The second-order valence-corrected chi connectivity index (χ2v) is 8.13. The van der Waals surface area contributed by atoms with E-state index in [-0.39, 0.29) is 11.6 Å². The van der Waals surface area contributed by atoms with E-state index in [2.05, 4.69) is 59.6 Å². The molecule has 0 saturated carbocycles. The van der Waals surface area contributed by atoms with Gasteiger partial charge in [-0.15, -0.1) is 0 Å². The lowest BCUT2D eigenvalue weighted by molar-refractivity contribution is 0.0943. The molecule has 1 aromatic carbocycles. The predicted molar refractivity (Wildman–Crippen MR) is 123 cm³/mol. The third-order valence-electron chi connectivity index (χ3n) is 5.80. The highest BCUT2D eigenvalue weighted by atomic mass is 16.5. The van der Waals surface area contributed by atoms with E-state index in [1.165, 1.54) is 5.56 Å². The van der Waals surface area contributed by atoms with Crippen molar-refractivity contribution in [2.24, 2.45) is 0 Å². The Balaban J connectivity index is 1.20. The molecule has 0 unspecified atom stereocenters. The molecule has 1 amide bonds. The van der Waals surface area contributed by atoms with Crippen molar-refractivity contribution in [3.63, 3.8) is 0 Å². The minimum Gasteiger partial charge on any atom is -0.361 e. The normalized spacial score (nSPS) is 14.6. The zero-order valence-electron chi connectivity index (χ0n) is 18.5. The number of fused-ring (bicyclic) bond motifs is 1. The van der Waals surface area contributed by atoms with Crippen LogP contribution >= 0.6 is 0 Å². The zero-order chi connectivity index (χ0) is 22.6. The third-order valence-corrected chi connectivity index (χ3v) is 5.80. The Kier molecular flexibility index (Phi) is 5.99. The summed E-state index contributed by atoms with van der Waals surface area (Å²) in [5, 5.41) is 12.0. The Hall–Kier alpha value is -3.79. The summed E-state index contributed by atoms with van der Waals surface area (Å²) in [6.45, 7) is 7.36. The van der Waals surface area contributed by atoms with Gasteiger partial charge in [0.05, 0.1) is 18.1 Å². The fraction of sp³-hybridized carbons (Fsp3) is 0.348. The Labute approximate surface area is 191 Å². The van der Waals surface area contributed by atoms with Crippen molar-refractivity contribution >= 4 is 22.8 Å². The van der Waals surface area contributed by atoms with Crippen molar-refractivity contribution in [3.05, 3.63) is 65.9 Å². The number of aromatic nitrogens is 5. The highest BCUT2D eigenvalue weighted by molar-refractivity contribution is 5.92. The third kappa shape index (κ3) is 4.70. The summed E-state index contributed by atoms with van der Waals surface area (Å²) in [4.78, 5) is 25.9. The minimum absolute atomic E-state index is 0.271. The number of nitrogens with one attached hydrogen (secondary N) is 1. The summed E-state index contributed by atoms with van der Waals surface area (Å²) in [6.07, 6.45) is 3.40. The van der Waals surface area contributed by atoms with Crippen LogP contribution in [0.15, 0.2) is 53.4 Å². The van der Waals surface area contributed by atoms with Gasteiger partial charge in [0.2, 0.25) is 0 Å². The zero-order valence-corrected chi connectivity index (χ0v) is 18.5. The van der Waals surface area contributed by atoms with Gasteiger partial charge in [-0.05, 0) is 12.5 Å². The number of amides is 1. The highest BCUT2D eigenvalue weighted by Crippen LogP contribution is 2.24. The maximum Gasteiger partial charge on any atom is 0.273 e. The van der Waals surface area contributed by atoms with Gasteiger partial charge in [-0.3, -0.25) is 9.69 Å². The largest absolute Gasteiger partial charge is 0.361 e. The molecule has 170 valence electrons. The number of anilines is 1. The fourth-order valence-corrected chi connectivity index (χ4v) is 4.09. The van der Waals surface area contributed by atoms with Gasteiger partial charge in [-0.1, -0.05) is 35.5 Å². The Morgan fingerprint density at radius 3 is 2.70 bits per heavy atom. The first-order chi connectivity index (χ1) is 16.2. The molecule has 5 rings (SSSR count). The van der Waals surface area contributed by atoms with Crippen LogP contribution in [0.25, 0.3) is 11.0 Å². The van der Waals surface area contributed by atoms with Gasteiger partial charge in [-0.2, -0.15) is 5.10 Å². The maximum atomic E-state index is 12.2. The molecule has 3 aromatic heterocycles. The van der Waals surface area contributed by atoms with Gasteiger partial charge in [-0.25, -0.2) is 14.6 Å². The molecule has 0 atom stereocenters. The molecule has 0 aliphatic carbocycles. The van der Waals surface area contributed by atoms with Crippen molar-refractivity contribution in [1.82, 2.24) is 35.1 Å². The summed E-state index contributed by atoms with van der Waals surface area (Å²) in [5.41, 5.74) is 2.37. The molecule has 4 heterocycles. The first kappa shape index (κ1) is 21.1. The molecular weight excluding hydrogens is 420 g/mol. The van der Waals surface area contributed by atoms with E-state index in [4.69, 9.17) is 4.52 Å². The van der Waals surface area contributed by atoms with Gasteiger partial charge in [0.1, 0.15) is 17.9 Å². The summed E-state index contributed by atoms with van der Waals surface area (Å²) < 4.78 is 6.74. The van der Waals surface area contributed by atoms with Crippen LogP contribution in [0.5, 0.6) is 0 Å². The summed E-state index contributed by atoms with van der Waals surface area (Å²) in [5.74, 6) is 1.24. The molecule has 1 saturated heterocycles. The number of hydrogen-bond acceptors (Lipinski definition) is 8. The second-order valence-electron chi connectivity index (χ2n) is 8.13. The smallest absolute Gasteiger partial charge is 0.273 e. The molecule has 1 aliphatic rings. The van der Waals surface area contributed by atoms with Crippen LogP contribution in [0.4, 0.5) is 5.82 Å². The van der Waals surface area contributed by atoms with Crippen LogP contribution in [0.2, 0.25) is 0 Å². The van der Waals surface area contributed by atoms with Crippen molar-refractivity contribution < 1.29 is 9.32 Å². The predicted octanol–water partition coefficient (Wildman–Crippen LogP) is 1.87. The van der Waals surface area contributed by atoms with E-state index in [0.717, 1.165) is 49.6 Å². The quantitative estimate of drug-likeness (QED) is 0.459. The van der Waals surface area contributed by atoms with Crippen LogP contribution in [0, 0.1) is 6.92 Å². The summed E-state index contributed by atoms with van der Waals surface area (Å²) in [7, 11) is 0. The molecule has 1 aliphatic heterocycles. The average Bonchev–Trinajstić information content (AvgIpc) is 3.47. The molecule has 1 fully saturated rings.